The largest absolute Gasteiger partial charge is 0.504 e. The second-order valence-corrected chi connectivity index (χ2v) is 5.27. The van der Waals surface area contributed by atoms with Crippen LogP contribution >= 0.6 is 0 Å². The Hall–Kier alpha value is -2.11. The van der Waals surface area contributed by atoms with Gasteiger partial charge in [0.05, 0.1) is 5.56 Å². The molecule has 10 heteroatoms. The molecule has 0 spiro atoms. The van der Waals surface area contributed by atoms with Gasteiger partial charge in [0.25, 0.3) is 0 Å². The molecule has 140 valence electrons. The van der Waals surface area contributed by atoms with Gasteiger partial charge in [-0.25, -0.2) is 4.79 Å². The fourth-order valence-corrected chi connectivity index (χ4v) is 2.46. The van der Waals surface area contributed by atoms with E-state index in [9.17, 15) is 25.2 Å². The standard InChI is InChI=1S/C15H20O10/c1-21-11-10(19)12(15(23-3)25-14(11)22-2)24-13(20)6-4-7(16)9(18)8(17)5-6/h4-5,10-12,14-19H,1-3H3. The van der Waals surface area contributed by atoms with Crippen molar-refractivity contribution < 1.29 is 48.9 Å². The Labute approximate surface area is 143 Å². The van der Waals surface area contributed by atoms with Crippen molar-refractivity contribution in [1.82, 2.24) is 0 Å². The van der Waals surface area contributed by atoms with Gasteiger partial charge in [-0.05, 0) is 12.1 Å². The smallest absolute Gasteiger partial charge is 0.338 e. The Balaban J connectivity index is 2.23. The van der Waals surface area contributed by atoms with E-state index in [-0.39, 0.29) is 5.56 Å². The zero-order valence-electron chi connectivity index (χ0n) is 13.8. The molecule has 1 aliphatic heterocycles. The minimum atomic E-state index is -1.34. The van der Waals surface area contributed by atoms with Crippen molar-refractivity contribution in [3.63, 3.8) is 0 Å². The topological polar surface area (TPSA) is 144 Å². The first-order valence-electron chi connectivity index (χ1n) is 7.21. The molecule has 0 amide bonds. The summed E-state index contributed by atoms with van der Waals surface area (Å²) in [6.07, 6.45) is -5.64. The Morgan fingerprint density at radius 3 is 1.96 bits per heavy atom. The maximum atomic E-state index is 12.3. The van der Waals surface area contributed by atoms with E-state index in [1.807, 2.05) is 0 Å². The normalized spacial score (nSPS) is 29.4. The van der Waals surface area contributed by atoms with Crippen molar-refractivity contribution >= 4 is 5.97 Å². The Bertz CT molecular complexity index is 595. The summed E-state index contributed by atoms with van der Waals surface area (Å²) in [7, 11) is 3.96. The number of phenols is 3. The van der Waals surface area contributed by atoms with Crippen LogP contribution in [0.4, 0.5) is 0 Å². The minimum Gasteiger partial charge on any atom is -0.504 e. The van der Waals surface area contributed by atoms with Crippen LogP contribution in [0, 0.1) is 0 Å². The molecule has 1 saturated heterocycles. The molecule has 0 radical (unpaired) electrons. The Morgan fingerprint density at radius 1 is 0.960 bits per heavy atom. The average Bonchev–Trinajstić information content (AvgIpc) is 2.60. The maximum Gasteiger partial charge on any atom is 0.338 e. The molecule has 4 N–H and O–H groups in total. The van der Waals surface area contributed by atoms with Crippen LogP contribution in [-0.4, -0.2) is 78.6 Å². The summed E-state index contributed by atoms with van der Waals surface area (Å²) in [6.45, 7) is 0. The number of ether oxygens (including phenoxy) is 5. The first kappa shape index (κ1) is 19.2. The summed E-state index contributed by atoms with van der Waals surface area (Å²) < 4.78 is 25.9. The van der Waals surface area contributed by atoms with Gasteiger partial charge in [0, 0.05) is 21.3 Å². The number of benzene rings is 1. The first-order valence-corrected chi connectivity index (χ1v) is 7.21. The lowest BCUT2D eigenvalue weighted by atomic mass is 10.0. The number of hydrogen-bond donors (Lipinski definition) is 4. The van der Waals surface area contributed by atoms with Gasteiger partial charge in [-0.2, -0.15) is 0 Å². The van der Waals surface area contributed by atoms with Crippen LogP contribution < -0.4 is 0 Å². The van der Waals surface area contributed by atoms with Crippen molar-refractivity contribution in [2.45, 2.75) is 30.9 Å². The third kappa shape index (κ3) is 3.78. The van der Waals surface area contributed by atoms with Crippen molar-refractivity contribution in [3.8, 4) is 17.2 Å². The molecule has 5 atom stereocenters. The molecule has 1 heterocycles. The number of esters is 1. The number of carbonyl (C=O) groups is 1. The molecule has 1 fully saturated rings. The quantitative estimate of drug-likeness (QED) is 0.407. The number of aromatic hydroxyl groups is 3. The van der Waals surface area contributed by atoms with Gasteiger partial charge in [0.2, 0.25) is 0 Å². The second-order valence-electron chi connectivity index (χ2n) is 5.27. The van der Waals surface area contributed by atoms with Crippen LogP contribution in [0.15, 0.2) is 12.1 Å². The number of aliphatic hydroxyl groups excluding tert-OH is 1. The predicted molar refractivity (Wildman–Crippen MR) is 80.1 cm³/mol. The monoisotopic (exact) mass is 360 g/mol. The van der Waals surface area contributed by atoms with E-state index in [0.717, 1.165) is 12.1 Å². The van der Waals surface area contributed by atoms with Gasteiger partial charge >= 0.3 is 5.97 Å². The lowest BCUT2D eigenvalue weighted by Gasteiger charge is -2.41. The van der Waals surface area contributed by atoms with Crippen molar-refractivity contribution in [2.24, 2.45) is 0 Å². The van der Waals surface area contributed by atoms with E-state index in [0.29, 0.717) is 0 Å². The van der Waals surface area contributed by atoms with Crippen LogP contribution in [0.1, 0.15) is 10.4 Å². The SMILES string of the molecule is COC1OC(OC)C(OC(=O)c2cc(O)c(O)c(O)c2)C(O)C1OC. The molecule has 5 unspecified atom stereocenters. The highest BCUT2D eigenvalue weighted by molar-refractivity contribution is 5.91. The van der Waals surface area contributed by atoms with Crippen LogP contribution in [0.25, 0.3) is 0 Å². The predicted octanol–water partition coefficient (Wildman–Crippen LogP) is -0.320. The first-order chi connectivity index (χ1) is 11.8. The molecule has 25 heavy (non-hydrogen) atoms. The van der Waals surface area contributed by atoms with Crippen LogP contribution in [-0.2, 0) is 23.7 Å². The highest BCUT2D eigenvalue weighted by atomic mass is 16.8. The molecule has 0 saturated carbocycles. The molecular weight excluding hydrogens is 340 g/mol. The molecule has 10 nitrogen and oxygen atoms in total. The molecule has 0 aromatic heterocycles. The summed E-state index contributed by atoms with van der Waals surface area (Å²) in [5.41, 5.74) is -0.252. The van der Waals surface area contributed by atoms with E-state index >= 15 is 0 Å². The molecule has 1 aliphatic rings. The number of methoxy groups -OCH3 is 3. The van der Waals surface area contributed by atoms with E-state index in [1.165, 1.54) is 21.3 Å². The summed E-state index contributed by atoms with van der Waals surface area (Å²) in [6, 6.07) is 1.81. The van der Waals surface area contributed by atoms with Crippen LogP contribution in [0.3, 0.4) is 0 Å². The molecule has 0 aliphatic carbocycles. The van der Waals surface area contributed by atoms with Crippen LogP contribution in [0.5, 0.6) is 17.2 Å². The van der Waals surface area contributed by atoms with Gasteiger partial charge in [0.15, 0.2) is 35.9 Å². The molecule has 1 aromatic carbocycles. The fraction of sp³-hybridized carbons (Fsp3) is 0.533. The summed E-state index contributed by atoms with van der Waals surface area (Å²) in [5, 5.41) is 38.7. The summed E-state index contributed by atoms with van der Waals surface area (Å²) in [5.74, 6) is -3.17. The zero-order chi connectivity index (χ0) is 18.7. The number of phenolic OH excluding ortho intramolecular Hbond substituents is 3. The Kier molecular flexibility index (Phi) is 6.03. The number of aliphatic hydroxyl groups is 1. The molecule has 1 aromatic rings. The van der Waals surface area contributed by atoms with Crippen molar-refractivity contribution in [2.75, 3.05) is 21.3 Å². The number of rotatable bonds is 5. The van der Waals surface area contributed by atoms with Gasteiger partial charge in [-0.1, -0.05) is 0 Å². The number of hydrogen-bond acceptors (Lipinski definition) is 10. The van der Waals surface area contributed by atoms with Gasteiger partial charge in [-0.3, -0.25) is 0 Å². The van der Waals surface area contributed by atoms with Gasteiger partial charge in [-0.15, -0.1) is 0 Å². The number of carbonyl (C=O) groups excluding carboxylic acids is 1. The third-order valence-electron chi connectivity index (χ3n) is 3.76. The van der Waals surface area contributed by atoms with E-state index in [1.54, 1.807) is 0 Å². The second kappa shape index (κ2) is 7.85. The summed E-state index contributed by atoms with van der Waals surface area (Å²) in [4.78, 5) is 12.3. The minimum absolute atomic E-state index is 0.252. The highest BCUT2D eigenvalue weighted by Crippen LogP contribution is 2.36. The third-order valence-corrected chi connectivity index (χ3v) is 3.76. The molecular formula is C15H20O10. The maximum absolute atomic E-state index is 12.3. The lowest BCUT2D eigenvalue weighted by Crippen LogP contribution is -2.60. The zero-order valence-corrected chi connectivity index (χ0v) is 13.8. The lowest BCUT2D eigenvalue weighted by molar-refractivity contribution is -0.342. The van der Waals surface area contributed by atoms with Crippen molar-refractivity contribution in [3.05, 3.63) is 17.7 Å². The van der Waals surface area contributed by atoms with Gasteiger partial charge in [0.1, 0.15) is 12.2 Å². The highest BCUT2D eigenvalue weighted by Gasteiger charge is 2.48. The Morgan fingerprint density at radius 2 is 1.48 bits per heavy atom. The van der Waals surface area contributed by atoms with Crippen LogP contribution in [0.2, 0.25) is 0 Å². The fourth-order valence-electron chi connectivity index (χ4n) is 2.46. The van der Waals surface area contributed by atoms with E-state index < -0.39 is 54.1 Å². The van der Waals surface area contributed by atoms with E-state index in [4.69, 9.17) is 23.7 Å². The van der Waals surface area contributed by atoms with E-state index in [2.05, 4.69) is 0 Å². The average molecular weight is 360 g/mol. The summed E-state index contributed by atoms with van der Waals surface area (Å²) >= 11 is 0. The van der Waals surface area contributed by atoms with Crippen molar-refractivity contribution in [1.29, 1.82) is 0 Å². The van der Waals surface area contributed by atoms with Gasteiger partial charge < -0.3 is 44.1 Å². The molecule has 2 rings (SSSR count). The molecule has 0 bridgehead atoms.